The molecule has 0 spiro atoms. The summed E-state index contributed by atoms with van der Waals surface area (Å²) in [6.07, 6.45) is 0.656. The molecule has 2 unspecified atom stereocenters. The van der Waals surface area contributed by atoms with E-state index in [-0.39, 0.29) is 23.6 Å². The summed E-state index contributed by atoms with van der Waals surface area (Å²) in [5.41, 5.74) is -0.562. The van der Waals surface area contributed by atoms with Gasteiger partial charge in [0, 0.05) is 0 Å². The molecule has 2 rings (SSSR count). The number of fused-ring (bicyclic) bond motifs is 1. The molecule has 2 aliphatic heterocycles. The van der Waals surface area contributed by atoms with Crippen molar-refractivity contribution in [1.29, 1.82) is 0 Å². The molecule has 2 N–H and O–H groups in total. The van der Waals surface area contributed by atoms with E-state index in [0.29, 0.717) is 4.24 Å². The first-order valence-corrected chi connectivity index (χ1v) is 8.19. The van der Waals surface area contributed by atoms with Gasteiger partial charge in [-0.25, -0.2) is 4.79 Å². The van der Waals surface area contributed by atoms with Crippen LogP contribution in [-0.4, -0.2) is 50.5 Å². The Hall–Kier alpha value is -0.960. The van der Waals surface area contributed by atoms with Crippen LogP contribution < -0.4 is 0 Å². The zero-order valence-corrected chi connectivity index (χ0v) is 13.3. The Kier molecular flexibility index (Phi) is 5.03. The second kappa shape index (κ2) is 6.43. The van der Waals surface area contributed by atoms with Crippen molar-refractivity contribution in [1.82, 2.24) is 4.90 Å². The summed E-state index contributed by atoms with van der Waals surface area (Å²) in [5.74, 6) is -1.45. The van der Waals surface area contributed by atoms with Crippen molar-refractivity contribution in [2.45, 2.75) is 30.8 Å². The number of amides is 1. The first kappa shape index (κ1) is 16.4. The fourth-order valence-corrected chi connectivity index (χ4v) is 5.04. The molecule has 1 amide bonds. The van der Waals surface area contributed by atoms with Gasteiger partial charge in [-0.1, -0.05) is 36.2 Å². The van der Waals surface area contributed by atoms with Gasteiger partial charge in [0.15, 0.2) is 5.70 Å². The average Bonchev–Trinajstić information content (AvgIpc) is 2.69. The van der Waals surface area contributed by atoms with Crippen molar-refractivity contribution >= 4 is 35.4 Å². The standard InChI is InChI=1S/C13H17NO5S2/c1-4-5-19-12(18)9-13(20-7(3)16)21-11-8(6(2)15)10(17)14(9)11/h4,6-8,11,15-16H,1,5H2,2-3H3/t6?,7?,8-,11-/m1/s1. The minimum Gasteiger partial charge on any atom is -0.457 e. The number of rotatable bonds is 6. The molecule has 0 radical (unpaired) electrons. The number of thioether (sulfide) groups is 2. The molecule has 2 aliphatic rings. The van der Waals surface area contributed by atoms with Crippen LogP contribution >= 0.6 is 23.5 Å². The van der Waals surface area contributed by atoms with Gasteiger partial charge in [0.1, 0.15) is 17.4 Å². The van der Waals surface area contributed by atoms with Crippen molar-refractivity contribution in [3.8, 4) is 0 Å². The van der Waals surface area contributed by atoms with E-state index in [1.165, 1.54) is 22.7 Å². The third-order valence-corrected chi connectivity index (χ3v) is 5.55. The van der Waals surface area contributed by atoms with Gasteiger partial charge in [-0.15, -0.1) is 0 Å². The van der Waals surface area contributed by atoms with Gasteiger partial charge in [0.05, 0.1) is 16.3 Å². The highest BCUT2D eigenvalue weighted by Gasteiger charge is 2.58. The summed E-state index contributed by atoms with van der Waals surface area (Å²) in [5, 5.41) is 18.9. The molecule has 0 aromatic heterocycles. The van der Waals surface area contributed by atoms with Crippen molar-refractivity contribution in [2.75, 3.05) is 6.61 Å². The lowest BCUT2D eigenvalue weighted by Gasteiger charge is -2.43. The lowest BCUT2D eigenvalue weighted by Crippen LogP contribution is -2.60. The lowest BCUT2D eigenvalue weighted by molar-refractivity contribution is -0.157. The van der Waals surface area contributed by atoms with Gasteiger partial charge in [-0.05, 0) is 13.8 Å². The molecule has 2 heterocycles. The van der Waals surface area contributed by atoms with Crippen LogP contribution in [0.1, 0.15) is 13.8 Å². The summed E-state index contributed by atoms with van der Waals surface area (Å²) in [7, 11) is 0. The average molecular weight is 331 g/mol. The maximum absolute atomic E-state index is 12.1. The highest BCUT2D eigenvalue weighted by molar-refractivity contribution is 8.23. The lowest BCUT2D eigenvalue weighted by atomic mass is 9.92. The van der Waals surface area contributed by atoms with E-state index < -0.39 is 23.4 Å². The van der Waals surface area contributed by atoms with E-state index in [4.69, 9.17) is 4.74 Å². The molecule has 4 atom stereocenters. The van der Waals surface area contributed by atoms with E-state index in [0.717, 1.165) is 11.8 Å². The summed E-state index contributed by atoms with van der Waals surface area (Å²) in [6, 6.07) is 0. The molecule has 8 heteroatoms. The molecule has 0 aromatic rings. The number of esters is 1. The third-order valence-electron chi connectivity index (χ3n) is 3.07. The van der Waals surface area contributed by atoms with Crippen LogP contribution in [0.15, 0.2) is 22.6 Å². The Bertz CT molecular complexity index is 503. The van der Waals surface area contributed by atoms with Crippen molar-refractivity contribution in [3.63, 3.8) is 0 Å². The number of β-lactam (4-membered cyclic amide) rings is 1. The number of ether oxygens (including phenoxy) is 1. The van der Waals surface area contributed by atoms with Gasteiger partial charge < -0.3 is 14.9 Å². The van der Waals surface area contributed by atoms with Crippen LogP contribution in [0.5, 0.6) is 0 Å². The maximum Gasteiger partial charge on any atom is 0.357 e. The molecule has 21 heavy (non-hydrogen) atoms. The van der Waals surface area contributed by atoms with Gasteiger partial charge in [0.2, 0.25) is 5.91 Å². The first-order valence-electron chi connectivity index (χ1n) is 6.43. The molecule has 1 fully saturated rings. The molecular formula is C13H17NO5S2. The molecular weight excluding hydrogens is 314 g/mol. The number of hydrogen-bond acceptors (Lipinski definition) is 7. The largest absolute Gasteiger partial charge is 0.457 e. The van der Waals surface area contributed by atoms with Crippen LogP contribution in [0.4, 0.5) is 0 Å². The minimum atomic E-state index is -0.785. The molecule has 6 nitrogen and oxygen atoms in total. The normalized spacial score (nSPS) is 27.0. The first-order chi connectivity index (χ1) is 9.88. The van der Waals surface area contributed by atoms with Crippen LogP contribution in [0, 0.1) is 5.92 Å². The SMILES string of the molecule is C=CCOC(=O)C1=C(SC(C)O)S[C@@H]2[C@H](C(C)O)C(=O)N12. The van der Waals surface area contributed by atoms with E-state index in [9.17, 15) is 19.8 Å². The monoisotopic (exact) mass is 331 g/mol. The molecule has 0 aliphatic carbocycles. The Labute approximate surface area is 131 Å². The fraction of sp³-hybridized carbons (Fsp3) is 0.538. The van der Waals surface area contributed by atoms with Gasteiger partial charge >= 0.3 is 5.97 Å². The van der Waals surface area contributed by atoms with Crippen LogP contribution in [0.2, 0.25) is 0 Å². The molecule has 1 saturated heterocycles. The predicted molar refractivity (Wildman–Crippen MR) is 80.8 cm³/mol. The Morgan fingerprint density at radius 2 is 2.24 bits per heavy atom. The van der Waals surface area contributed by atoms with E-state index >= 15 is 0 Å². The van der Waals surface area contributed by atoms with E-state index in [1.807, 2.05) is 0 Å². The van der Waals surface area contributed by atoms with Crippen molar-refractivity contribution in [2.24, 2.45) is 5.92 Å². The van der Waals surface area contributed by atoms with Crippen molar-refractivity contribution < 1.29 is 24.5 Å². The number of nitrogens with zero attached hydrogens (tertiary/aromatic N) is 1. The van der Waals surface area contributed by atoms with Crippen molar-refractivity contribution in [3.05, 3.63) is 22.6 Å². The number of aliphatic hydroxyl groups is 2. The second-order valence-electron chi connectivity index (χ2n) is 4.72. The fourth-order valence-electron chi connectivity index (χ4n) is 2.18. The Morgan fingerprint density at radius 3 is 2.76 bits per heavy atom. The predicted octanol–water partition coefficient (Wildman–Crippen LogP) is 0.868. The zero-order valence-electron chi connectivity index (χ0n) is 11.7. The minimum absolute atomic E-state index is 0.0478. The zero-order chi connectivity index (χ0) is 15.7. The van der Waals surface area contributed by atoms with E-state index in [1.54, 1.807) is 13.8 Å². The summed E-state index contributed by atoms with van der Waals surface area (Å²) < 4.78 is 5.55. The summed E-state index contributed by atoms with van der Waals surface area (Å²) in [4.78, 5) is 25.6. The quantitative estimate of drug-likeness (QED) is 0.323. The third kappa shape index (κ3) is 2.98. The second-order valence-corrected chi connectivity index (χ2v) is 7.43. The smallest absolute Gasteiger partial charge is 0.357 e. The Morgan fingerprint density at radius 1 is 1.57 bits per heavy atom. The van der Waals surface area contributed by atoms with Gasteiger partial charge in [0.25, 0.3) is 0 Å². The van der Waals surface area contributed by atoms with E-state index in [2.05, 4.69) is 6.58 Å². The van der Waals surface area contributed by atoms with Crippen LogP contribution in [-0.2, 0) is 14.3 Å². The molecule has 116 valence electrons. The molecule has 0 saturated carbocycles. The van der Waals surface area contributed by atoms with Crippen LogP contribution in [0.3, 0.4) is 0 Å². The number of carbonyl (C=O) groups excluding carboxylic acids is 2. The summed E-state index contributed by atoms with van der Waals surface area (Å²) in [6.45, 7) is 6.64. The molecule has 0 aromatic carbocycles. The highest BCUT2D eigenvalue weighted by Crippen LogP contribution is 2.54. The highest BCUT2D eigenvalue weighted by atomic mass is 32.2. The summed E-state index contributed by atoms with van der Waals surface area (Å²) >= 11 is 2.39. The number of carbonyl (C=O) groups is 2. The molecule has 0 bridgehead atoms. The number of aliphatic hydroxyl groups excluding tert-OH is 2. The van der Waals surface area contributed by atoms with Crippen LogP contribution in [0.25, 0.3) is 0 Å². The van der Waals surface area contributed by atoms with Gasteiger partial charge in [-0.3, -0.25) is 9.69 Å². The maximum atomic E-state index is 12.1. The Balaban J connectivity index is 2.24. The number of hydrogen-bond donors (Lipinski definition) is 2. The van der Waals surface area contributed by atoms with Gasteiger partial charge in [-0.2, -0.15) is 0 Å². The topological polar surface area (TPSA) is 87.1 Å².